The predicted molar refractivity (Wildman–Crippen MR) is 109 cm³/mol. The van der Waals surface area contributed by atoms with Crippen LogP contribution in [0.1, 0.15) is 71.1 Å². The second-order valence-corrected chi connectivity index (χ2v) is 7.59. The Morgan fingerprint density at radius 1 is 0.821 bits per heavy atom. The largest absolute Gasteiger partial charge is 0.394 e. The lowest BCUT2D eigenvalue weighted by atomic mass is 10.0. The molecule has 0 heterocycles. The van der Waals surface area contributed by atoms with E-state index in [1.807, 2.05) is 0 Å². The number of hydrogen-bond donors (Lipinski definition) is 6. The molecule has 0 unspecified atom stereocenters. The second kappa shape index (κ2) is 17.0. The third-order valence-electron chi connectivity index (χ3n) is 4.94. The Kier molecular flexibility index (Phi) is 16.4. The Hall–Kier alpha value is -0.930. The number of aliphatic hydroxyl groups excluding tert-OH is 5. The van der Waals surface area contributed by atoms with Gasteiger partial charge >= 0.3 is 6.03 Å². The molecule has 0 spiro atoms. The number of carbonyl (C=O) groups is 1. The number of likely N-dealkylation sites (N-methyl/N-ethyl adjacent to an activating group) is 1. The third-order valence-corrected chi connectivity index (χ3v) is 4.94. The molecule has 6 N–H and O–H groups in total. The molecule has 8 heteroatoms. The Morgan fingerprint density at radius 3 is 1.79 bits per heavy atom. The van der Waals surface area contributed by atoms with E-state index in [0.717, 1.165) is 19.3 Å². The van der Waals surface area contributed by atoms with E-state index in [9.17, 15) is 25.2 Å². The van der Waals surface area contributed by atoms with Crippen molar-refractivity contribution in [3.05, 3.63) is 0 Å². The number of nitrogens with one attached hydrogen (secondary N) is 1. The maximum atomic E-state index is 12.0. The fourth-order valence-electron chi connectivity index (χ4n) is 2.98. The summed E-state index contributed by atoms with van der Waals surface area (Å²) in [5.41, 5.74) is 0. The van der Waals surface area contributed by atoms with Crippen molar-refractivity contribution in [3.8, 4) is 0 Å². The van der Waals surface area contributed by atoms with Crippen molar-refractivity contribution >= 4 is 6.03 Å². The first-order valence-electron chi connectivity index (χ1n) is 10.7. The van der Waals surface area contributed by atoms with E-state index in [1.165, 1.54) is 56.9 Å². The third kappa shape index (κ3) is 12.5. The van der Waals surface area contributed by atoms with Gasteiger partial charge in [0.15, 0.2) is 0 Å². The Labute approximate surface area is 169 Å². The lowest BCUT2D eigenvalue weighted by Crippen LogP contribution is -2.51. The smallest absolute Gasteiger partial charge is 0.317 e. The first-order valence-corrected chi connectivity index (χ1v) is 10.7. The molecule has 0 saturated carbocycles. The predicted octanol–water partition coefficient (Wildman–Crippen LogP) is 0.985. The van der Waals surface area contributed by atoms with Crippen molar-refractivity contribution in [3.63, 3.8) is 0 Å². The average Bonchev–Trinajstić information content (AvgIpc) is 2.69. The van der Waals surface area contributed by atoms with Crippen LogP contribution >= 0.6 is 0 Å². The number of hydrogen-bond acceptors (Lipinski definition) is 6. The minimum Gasteiger partial charge on any atom is -0.394 e. The Balaban J connectivity index is 3.78. The van der Waals surface area contributed by atoms with Crippen molar-refractivity contribution in [1.82, 2.24) is 10.2 Å². The monoisotopic (exact) mass is 406 g/mol. The Bertz CT molecular complexity index is 386. The van der Waals surface area contributed by atoms with Gasteiger partial charge in [-0.2, -0.15) is 0 Å². The number of unbranched alkanes of at least 4 members (excludes halogenated alkanes) is 9. The molecule has 0 aromatic carbocycles. The molecule has 0 aliphatic heterocycles. The van der Waals surface area contributed by atoms with Crippen LogP contribution in [0.2, 0.25) is 0 Å². The zero-order valence-electron chi connectivity index (χ0n) is 17.6. The standard InChI is InChI=1S/C20H42N2O6/c1-3-4-5-6-7-8-9-10-11-12-13-21-20(28)22(2)14-16(24)18(26)19(27)17(25)15-23/h16-19,23-27H,3-15H2,1-2H3,(H,21,28)/t16-,17+,18+,19+/m0/s1. The van der Waals surface area contributed by atoms with Gasteiger partial charge in [0.05, 0.1) is 13.2 Å². The van der Waals surface area contributed by atoms with Crippen molar-refractivity contribution in [1.29, 1.82) is 0 Å². The minimum atomic E-state index is -1.69. The van der Waals surface area contributed by atoms with Gasteiger partial charge in [0.2, 0.25) is 0 Å². The summed E-state index contributed by atoms with van der Waals surface area (Å²) in [6.07, 6.45) is 5.83. The normalized spacial score (nSPS) is 15.7. The highest BCUT2D eigenvalue weighted by molar-refractivity contribution is 5.73. The summed E-state index contributed by atoms with van der Waals surface area (Å²) >= 11 is 0. The van der Waals surface area contributed by atoms with E-state index < -0.39 is 31.0 Å². The summed E-state index contributed by atoms with van der Waals surface area (Å²) in [6.45, 7) is 1.82. The quantitative estimate of drug-likeness (QED) is 0.200. The van der Waals surface area contributed by atoms with Crippen LogP contribution in [0.3, 0.4) is 0 Å². The molecule has 8 nitrogen and oxygen atoms in total. The summed E-state index contributed by atoms with van der Waals surface area (Å²) in [5, 5.41) is 50.1. The van der Waals surface area contributed by atoms with Gasteiger partial charge in [0, 0.05) is 13.6 Å². The van der Waals surface area contributed by atoms with Gasteiger partial charge in [-0.3, -0.25) is 0 Å². The highest BCUT2D eigenvalue weighted by Gasteiger charge is 2.31. The van der Waals surface area contributed by atoms with Gasteiger partial charge in [-0.25, -0.2) is 4.79 Å². The highest BCUT2D eigenvalue weighted by atomic mass is 16.4. The lowest BCUT2D eigenvalue weighted by Gasteiger charge is -2.28. The van der Waals surface area contributed by atoms with E-state index in [0.29, 0.717) is 6.54 Å². The van der Waals surface area contributed by atoms with E-state index in [4.69, 9.17) is 5.11 Å². The molecular weight excluding hydrogens is 364 g/mol. The van der Waals surface area contributed by atoms with E-state index >= 15 is 0 Å². The molecule has 0 aliphatic rings. The number of urea groups is 1. The van der Waals surface area contributed by atoms with Crippen molar-refractivity contribution < 1.29 is 30.3 Å². The highest BCUT2D eigenvalue weighted by Crippen LogP contribution is 2.10. The lowest BCUT2D eigenvalue weighted by molar-refractivity contribution is -0.117. The van der Waals surface area contributed by atoms with E-state index in [-0.39, 0.29) is 12.6 Å². The average molecular weight is 407 g/mol. The number of carbonyl (C=O) groups excluding carboxylic acids is 1. The molecule has 4 atom stereocenters. The maximum absolute atomic E-state index is 12.0. The maximum Gasteiger partial charge on any atom is 0.317 e. The summed E-state index contributed by atoms with van der Waals surface area (Å²) in [4.78, 5) is 13.2. The Morgan fingerprint density at radius 2 is 1.29 bits per heavy atom. The fraction of sp³-hybridized carbons (Fsp3) is 0.950. The van der Waals surface area contributed by atoms with Crippen LogP contribution in [0.5, 0.6) is 0 Å². The number of amides is 2. The topological polar surface area (TPSA) is 133 Å². The molecule has 0 rings (SSSR count). The minimum absolute atomic E-state index is 0.208. The van der Waals surface area contributed by atoms with Gasteiger partial charge in [-0.15, -0.1) is 0 Å². The van der Waals surface area contributed by atoms with Gasteiger partial charge in [0.25, 0.3) is 0 Å². The molecule has 168 valence electrons. The van der Waals surface area contributed by atoms with Crippen LogP contribution in [0.4, 0.5) is 4.79 Å². The van der Waals surface area contributed by atoms with Crippen LogP contribution in [0.25, 0.3) is 0 Å². The molecule has 0 aliphatic carbocycles. The first-order chi connectivity index (χ1) is 13.3. The van der Waals surface area contributed by atoms with Gasteiger partial charge in [0.1, 0.15) is 24.4 Å². The summed E-state index contributed by atoms with van der Waals surface area (Å²) in [6, 6.07) is -0.376. The SMILES string of the molecule is CCCCCCCCCCCCNC(=O)N(C)C[C@H](O)[C@@H](O)[C@H](O)[C@H](O)CO. The second-order valence-electron chi connectivity index (χ2n) is 7.59. The summed E-state index contributed by atoms with van der Waals surface area (Å²) < 4.78 is 0. The van der Waals surface area contributed by atoms with Crippen molar-refractivity contribution in [2.45, 2.75) is 95.5 Å². The molecule has 2 amide bonds. The summed E-state index contributed by atoms with van der Waals surface area (Å²) in [7, 11) is 1.47. The zero-order valence-corrected chi connectivity index (χ0v) is 17.6. The van der Waals surface area contributed by atoms with Crippen LogP contribution in [-0.2, 0) is 0 Å². The van der Waals surface area contributed by atoms with E-state index in [1.54, 1.807) is 0 Å². The van der Waals surface area contributed by atoms with Crippen LogP contribution in [0, 0.1) is 0 Å². The first kappa shape index (κ1) is 27.1. The summed E-state index contributed by atoms with van der Waals surface area (Å²) in [5.74, 6) is 0. The van der Waals surface area contributed by atoms with Crippen molar-refractivity contribution in [2.75, 3.05) is 26.7 Å². The number of aliphatic hydroxyl groups is 5. The van der Waals surface area contributed by atoms with E-state index in [2.05, 4.69) is 12.2 Å². The number of rotatable bonds is 17. The van der Waals surface area contributed by atoms with Gasteiger partial charge in [-0.05, 0) is 6.42 Å². The number of nitrogens with zero attached hydrogens (tertiary/aromatic N) is 1. The molecule has 0 saturated heterocycles. The zero-order chi connectivity index (χ0) is 21.4. The molecule has 0 bridgehead atoms. The fourth-order valence-corrected chi connectivity index (χ4v) is 2.98. The molecule has 0 aromatic rings. The van der Waals surface area contributed by atoms with Gasteiger partial charge < -0.3 is 35.7 Å². The van der Waals surface area contributed by atoms with Crippen LogP contribution < -0.4 is 5.32 Å². The molecule has 0 radical (unpaired) electrons. The van der Waals surface area contributed by atoms with Crippen molar-refractivity contribution in [2.24, 2.45) is 0 Å². The molecule has 0 fully saturated rings. The van der Waals surface area contributed by atoms with Crippen LogP contribution in [0.15, 0.2) is 0 Å². The van der Waals surface area contributed by atoms with Gasteiger partial charge in [-0.1, -0.05) is 64.7 Å². The molecule has 0 aromatic heterocycles. The molecular formula is C20H42N2O6. The van der Waals surface area contributed by atoms with Crippen LogP contribution in [-0.4, -0.2) is 87.6 Å². The molecule has 28 heavy (non-hydrogen) atoms.